The first-order valence-electron chi connectivity index (χ1n) is 5.00. The summed E-state index contributed by atoms with van der Waals surface area (Å²) in [6, 6.07) is 0. The summed E-state index contributed by atoms with van der Waals surface area (Å²) >= 11 is 0. The first-order valence-corrected chi connectivity index (χ1v) is 5.00. The maximum atomic E-state index is 12.2. The number of hydrogen-bond donors (Lipinski definition) is 0. The molecule has 1 aliphatic carbocycles. The lowest BCUT2D eigenvalue weighted by molar-refractivity contribution is 0.0270. The predicted molar refractivity (Wildman–Crippen MR) is 48.5 cm³/mol. The van der Waals surface area contributed by atoms with Crippen LogP contribution < -0.4 is 0 Å². The van der Waals surface area contributed by atoms with Crippen molar-refractivity contribution in [2.24, 2.45) is 11.8 Å². The van der Waals surface area contributed by atoms with E-state index >= 15 is 0 Å². The van der Waals surface area contributed by atoms with Gasteiger partial charge in [0.05, 0.1) is 0 Å². The van der Waals surface area contributed by atoms with Gasteiger partial charge >= 0.3 is 0 Å². The van der Waals surface area contributed by atoms with E-state index in [4.69, 9.17) is 0 Å². The second-order valence-corrected chi connectivity index (χ2v) is 3.26. The van der Waals surface area contributed by atoms with E-state index in [1.54, 1.807) is 0 Å². The highest BCUT2D eigenvalue weighted by Gasteiger charge is 2.28. The fraction of sp³-hybridized carbons (Fsp3) is 1.00. The number of rotatable bonds is 1. The minimum atomic E-state index is -2.09. The molecule has 1 aliphatic rings. The second-order valence-electron chi connectivity index (χ2n) is 3.26. The average Bonchev–Trinajstić information content (AvgIpc) is 2.08. The molecule has 1 fully saturated rings. The van der Waals surface area contributed by atoms with Gasteiger partial charge in [-0.25, -0.2) is 8.78 Å². The Morgan fingerprint density at radius 2 is 1.58 bits per heavy atom. The summed E-state index contributed by atoms with van der Waals surface area (Å²) in [4.78, 5) is 0. The number of halogens is 2. The fourth-order valence-electron chi connectivity index (χ4n) is 1.72. The Labute approximate surface area is 74.4 Å². The summed E-state index contributed by atoms with van der Waals surface area (Å²) in [5.74, 6) is -0.0671. The summed E-state index contributed by atoms with van der Waals surface area (Å²) in [7, 11) is 0. The summed E-state index contributed by atoms with van der Waals surface area (Å²) in [5, 5.41) is 0. The van der Waals surface area contributed by atoms with E-state index in [0.29, 0.717) is 0 Å². The molecular weight excluding hydrogens is 158 g/mol. The Morgan fingerprint density at radius 1 is 1.08 bits per heavy atom. The van der Waals surface area contributed by atoms with Crippen LogP contribution in [0, 0.1) is 11.8 Å². The van der Waals surface area contributed by atoms with E-state index in [0.717, 1.165) is 25.7 Å². The van der Waals surface area contributed by atoms with Crippen molar-refractivity contribution in [3.8, 4) is 0 Å². The van der Waals surface area contributed by atoms with Gasteiger partial charge in [-0.2, -0.15) is 0 Å². The van der Waals surface area contributed by atoms with Crippen LogP contribution in [-0.4, -0.2) is 6.43 Å². The van der Waals surface area contributed by atoms with Gasteiger partial charge < -0.3 is 0 Å². The fourth-order valence-corrected chi connectivity index (χ4v) is 1.72. The van der Waals surface area contributed by atoms with Crippen molar-refractivity contribution in [1.29, 1.82) is 0 Å². The quantitative estimate of drug-likeness (QED) is 0.567. The smallest absolute Gasteiger partial charge is 0.210 e. The third-order valence-corrected chi connectivity index (χ3v) is 2.50. The lowest BCUT2D eigenvalue weighted by atomic mass is 9.81. The molecule has 0 aromatic rings. The van der Waals surface area contributed by atoms with E-state index < -0.39 is 6.43 Å². The second kappa shape index (κ2) is 6.38. The summed E-state index contributed by atoms with van der Waals surface area (Å²) in [5.41, 5.74) is 0. The van der Waals surface area contributed by atoms with Crippen LogP contribution in [0.1, 0.15) is 46.5 Å². The summed E-state index contributed by atoms with van der Waals surface area (Å²) in [6.07, 6.45) is 1.78. The van der Waals surface area contributed by atoms with E-state index in [1.165, 1.54) is 0 Å². The Kier molecular flexibility index (Phi) is 6.31. The molecule has 0 aromatic carbocycles. The van der Waals surface area contributed by atoms with E-state index in [9.17, 15) is 8.78 Å². The molecule has 0 aromatic heterocycles. The summed E-state index contributed by atoms with van der Waals surface area (Å²) < 4.78 is 24.3. The van der Waals surface area contributed by atoms with E-state index in [1.807, 2.05) is 20.8 Å². The molecule has 0 radical (unpaired) electrons. The largest absolute Gasteiger partial charge is 0.241 e. The Bertz CT molecular complexity index is 102. The van der Waals surface area contributed by atoms with Gasteiger partial charge in [-0.05, 0) is 12.3 Å². The van der Waals surface area contributed by atoms with Gasteiger partial charge in [0, 0.05) is 5.92 Å². The molecule has 0 heterocycles. The molecule has 2 unspecified atom stereocenters. The van der Waals surface area contributed by atoms with E-state index in [2.05, 4.69) is 0 Å². The van der Waals surface area contributed by atoms with Crippen LogP contribution in [0.2, 0.25) is 0 Å². The molecule has 0 aliphatic heterocycles. The van der Waals surface area contributed by atoms with Crippen molar-refractivity contribution < 1.29 is 8.78 Å². The highest BCUT2D eigenvalue weighted by Crippen LogP contribution is 2.33. The molecule has 0 spiro atoms. The number of alkyl halides is 2. The van der Waals surface area contributed by atoms with Gasteiger partial charge in [-0.3, -0.25) is 0 Å². The van der Waals surface area contributed by atoms with Crippen molar-refractivity contribution in [2.45, 2.75) is 52.9 Å². The molecule has 0 amide bonds. The monoisotopic (exact) mass is 178 g/mol. The highest BCUT2D eigenvalue weighted by molar-refractivity contribution is 4.73. The Balaban J connectivity index is 0.000000561. The first-order chi connectivity index (χ1) is 5.72. The Morgan fingerprint density at radius 3 is 1.92 bits per heavy atom. The average molecular weight is 178 g/mol. The van der Waals surface area contributed by atoms with Crippen LogP contribution in [0.5, 0.6) is 0 Å². The third kappa shape index (κ3) is 3.51. The summed E-state index contributed by atoms with van der Waals surface area (Å²) in [6.45, 7) is 5.94. The SMILES string of the molecule is CC.CC1CCCCC1C(F)F. The molecule has 74 valence electrons. The topological polar surface area (TPSA) is 0 Å². The van der Waals surface area contributed by atoms with Crippen molar-refractivity contribution in [3.63, 3.8) is 0 Å². The minimum Gasteiger partial charge on any atom is -0.210 e. The van der Waals surface area contributed by atoms with Crippen molar-refractivity contribution in [1.82, 2.24) is 0 Å². The zero-order chi connectivity index (χ0) is 9.56. The molecule has 0 N–H and O–H groups in total. The predicted octanol–water partition coefficient (Wildman–Crippen LogP) is 4.10. The zero-order valence-electron chi connectivity index (χ0n) is 8.32. The van der Waals surface area contributed by atoms with Gasteiger partial charge in [0.1, 0.15) is 0 Å². The van der Waals surface area contributed by atoms with Gasteiger partial charge in [0.15, 0.2) is 0 Å². The van der Waals surface area contributed by atoms with Crippen molar-refractivity contribution in [3.05, 3.63) is 0 Å². The van der Waals surface area contributed by atoms with Crippen LogP contribution in [0.3, 0.4) is 0 Å². The molecule has 0 bridgehead atoms. The zero-order valence-corrected chi connectivity index (χ0v) is 8.32. The van der Waals surface area contributed by atoms with Gasteiger partial charge in [0.2, 0.25) is 6.43 Å². The van der Waals surface area contributed by atoms with Gasteiger partial charge in [-0.1, -0.05) is 40.0 Å². The van der Waals surface area contributed by atoms with Crippen LogP contribution in [0.4, 0.5) is 8.78 Å². The van der Waals surface area contributed by atoms with E-state index in [-0.39, 0.29) is 11.8 Å². The first kappa shape index (κ1) is 11.9. The minimum absolute atomic E-state index is 0.244. The molecule has 1 saturated carbocycles. The molecular formula is C10H20F2. The van der Waals surface area contributed by atoms with Crippen LogP contribution in [0.25, 0.3) is 0 Å². The van der Waals surface area contributed by atoms with Crippen molar-refractivity contribution in [2.75, 3.05) is 0 Å². The molecule has 0 nitrogen and oxygen atoms in total. The Hall–Kier alpha value is -0.140. The molecule has 1 rings (SSSR count). The molecule has 2 atom stereocenters. The standard InChI is InChI=1S/C8H14F2.C2H6/c1-6-4-2-3-5-7(6)8(9)10;1-2/h6-8H,2-5H2,1H3;1-2H3. The maximum Gasteiger partial charge on any atom is 0.241 e. The van der Waals surface area contributed by atoms with Crippen LogP contribution in [-0.2, 0) is 0 Å². The maximum absolute atomic E-state index is 12.2. The van der Waals surface area contributed by atoms with Crippen LogP contribution in [0.15, 0.2) is 0 Å². The van der Waals surface area contributed by atoms with Crippen molar-refractivity contribution >= 4 is 0 Å². The normalized spacial score (nSPS) is 29.5. The molecule has 0 saturated heterocycles. The lowest BCUT2D eigenvalue weighted by Gasteiger charge is -2.27. The molecule has 2 heteroatoms. The lowest BCUT2D eigenvalue weighted by Crippen LogP contribution is -2.23. The van der Waals surface area contributed by atoms with Crippen LogP contribution >= 0.6 is 0 Å². The highest BCUT2D eigenvalue weighted by atomic mass is 19.3. The van der Waals surface area contributed by atoms with Gasteiger partial charge in [0.25, 0.3) is 0 Å². The number of hydrogen-bond acceptors (Lipinski definition) is 0. The third-order valence-electron chi connectivity index (χ3n) is 2.50. The molecule has 12 heavy (non-hydrogen) atoms. The van der Waals surface area contributed by atoms with Gasteiger partial charge in [-0.15, -0.1) is 0 Å².